The van der Waals surface area contributed by atoms with Gasteiger partial charge in [0.15, 0.2) is 0 Å². The zero-order chi connectivity index (χ0) is 35.7. The number of nitriles is 1. The highest BCUT2D eigenvalue weighted by atomic mass is 19.4. The number of para-hydroxylation sites is 1. The Morgan fingerprint density at radius 1 is 1.00 bits per heavy atom. The standard InChI is InChI=1S/C37H35F3N6O3/c1-6-45-34-29(22(2)44-46(34)28-16-8-7-9-17-28)30(23-12-11-15-27(19-23)42-33(48)25(21-41)20-36(3,4)5)31(35(45)49)43-32(47)24-13-10-14-26(18-24)37(38,39)40/h7-20,30-31H,6H2,1-5H3,(H,42,48)(H,43,47)/b25-20+/t30-,31+/m0/s1. The number of likely N-dealkylation sites (N-methyl/N-ethyl adjacent to an activating group) is 1. The summed E-state index contributed by atoms with van der Waals surface area (Å²) in [4.78, 5) is 42.6. The quantitative estimate of drug-likeness (QED) is 0.164. The lowest BCUT2D eigenvalue weighted by atomic mass is 9.80. The lowest BCUT2D eigenvalue weighted by Gasteiger charge is -2.38. The van der Waals surface area contributed by atoms with Crippen LogP contribution in [0.3, 0.4) is 0 Å². The predicted octanol–water partition coefficient (Wildman–Crippen LogP) is 6.93. The number of fused-ring (bicyclic) bond motifs is 1. The van der Waals surface area contributed by atoms with E-state index in [0.717, 1.165) is 18.2 Å². The van der Waals surface area contributed by atoms with E-state index < -0.39 is 46.8 Å². The summed E-state index contributed by atoms with van der Waals surface area (Å²) in [5.41, 5.74) is 0.961. The second-order valence-electron chi connectivity index (χ2n) is 12.8. The first-order valence-corrected chi connectivity index (χ1v) is 15.6. The summed E-state index contributed by atoms with van der Waals surface area (Å²) in [7, 11) is 0. The minimum absolute atomic E-state index is 0.0715. The minimum atomic E-state index is -4.67. The molecule has 3 aromatic carbocycles. The van der Waals surface area contributed by atoms with Crippen LogP contribution in [0.15, 0.2) is 90.5 Å². The highest BCUT2D eigenvalue weighted by Crippen LogP contribution is 2.44. The average Bonchev–Trinajstić information content (AvgIpc) is 3.39. The predicted molar refractivity (Wildman–Crippen MR) is 179 cm³/mol. The van der Waals surface area contributed by atoms with Crippen LogP contribution in [-0.4, -0.2) is 40.1 Å². The molecule has 9 nitrogen and oxygen atoms in total. The van der Waals surface area contributed by atoms with Crippen molar-refractivity contribution in [1.29, 1.82) is 5.26 Å². The van der Waals surface area contributed by atoms with Crippen LogP contribution in [0.1, 0.15) is 66.4 Å². The molecule has 3 amide bonds. The van der Waals surface area contributed by atoms with Gasteiger partial charge in [0.25, 0.3) is 17.7 Å². The Labute approximate surface area is 282 Å². The first kappa shape index (κ1) is 34.6. The normalized spacial score (nSPS) is 16.5. The Morgan fingerprint density at radius 3 is 2.33 bits per heavy atom. The minimum Gasteiger partial charge on any atom is -0.339 e. The summed E-state index contributed by atoms with van der Waals surface area (Å²) in [6, 6.07) is 20.6. The second kappa shape index (κ2) is 13.4. The molecule has 0 aliphatic carbocycles. The summed E-state index contributed by atoms with van der Waals surface area (Å²) in [5, 5.41) is 19.9. The van der Waals surface area contributed by atoms with E-state index in [1.807, 2.05) is 57.2 Å². The van der Waals surface area contributed by atoms with Crippen molar-refractivity contribution in [3.63, 3.8) is 0 Å². The van der Waals surface area contributed by atoms with E-state index in [4.69, 9.17) is 5.10 Å². The Balaban J connectivity index is 1.64. The van der Waals surface area contributed by atoms with Gasteiger partial charge in [0.2, 0.25) is 0 Å². The average molecular weight is 669 g/mol. The van der Waals surface area contributed by atoms with E-state index >= 15 is 0 Å². The van der Waals surface area contributed by atoms with Crippen molar-refractivity contribution >= 4 is 29.2 Å². The fraction of sp³-hybridized carbons (Fsp3) is 0.270. The smallest absolute Gasteiger partial charge is 0.339 e. The number of rotatable bonds is 7. The van der Waals surface area contributed by atoms with Gasteiger partial charge in [0.05, 0.1) is 16.9 Å². The number of amides is 3. The van der Waals surface area contributed by atoms with Gasteiger partial charge in [-0.15, -0.1) is 0 Å². The van der Waals surface area contributed by atoms with Gasteiger partial charge in [-0.3, -0.25) is 19.3 Å². The highest BCUT2D eigenvalue weighted by molar-refractivity contribution is 6.07. The Kier molecular flexibility index (Phi) is 9.49. The molecule has 0 unspecified atom stereocenters. The molecule has 2 atom stereocenters. The van der Waals surface area contributed by atoms with E-state index in [1.165, 1.54) is 11.0 Å². The fourth-order valence-corrected chi connectivity index (χ4v) is 5.94. The number of benzene rings is 3. The van der Waals surface area contributed by atoms with Crippen molar-refractivity contribution in [1.82, 2.24) is 15.1 Å². The number of hydrogen-bond donors (Lipinski definition) is 2. The number of aryl methyl sites for hydroxylation is 1. The molecule has 0 saturated heterocycles. The van der Waals surface area contributed by atoms with Gasteiger partial charge in [0, 0.05) is 29.3 Å². The topological polar surface area (TPSA) is 120 Å². The van der Waals surface area contributed by atoms with Crippen LogP contribution >= 0.6 is 0 Å². The van der Waals surface area contributed by atoms with Gasteiger partial charge >= 0.3 is 6.18 Å². The maximum atomic E-state index is 14.4. The number of aromatic nitrogens is 2. The number of carbonyl (C=O) groups is 3. The van der Waals surface area contributed by atoms with E-state index in [9.17, 15) is 32.8 Å². The van der Waals surface area contributed by atoms with Crippen molar-refractivity contribution in [2.24, 2.45) is 5.41 Å². The van der Waals surface area contributed by atoms with Gasteiger partial charge in [0.1, 0.15) is 23.5 Å². The molecule has 49 heavy (non-hydrogen) atoms. The number of alkyl halides is 3. The largest absolute Gasteiger partial charge is 0.416 e. The lowest BCUT2D eigenvalue weighted by Crippen LogP contribution is -2.55. The fourth-order valence-electron chi connectivity index (χ4n) is 5.94. The maximum absolute atomic E-state index is 14.4. The Hall–Kier alpha value is -5.70. The van der Waals surface area contributed by atoms with Gasteiger partial charge < -0.3 is 10.6 Å². The zero-order valence-corrected chi connectivity index (χ0v) is 27.6. The van der Waals surface area contributed by atoms with Crippen LogP contribution in [-0.2, 0) is 15.8 Å². The lowest BCUT2D eigenvalue weighted by molar-refractivity contribution is -0.137. The summed E-state index contributed by atoms with van der Waals surface area (Å²) < 4.78 is 42.2. The van der Waals surface area contributed by atoms with Crippen molar-refractivity contribution in [2.45, 2.75) is 52.8 Å². The van der Waals surface area contributed by atoms with E-state index in [1.54, 1.807) is 48.9 Å². The maximum Gasteiger partial charge on any atom is 0.416 e. The molecule has 12 heteroatoms. The molecule has 1 aliphatic heterocycles. The van der Waals surface area contributed by atoms with E-state index in [-0.39, 0.29) is 17.7 Å². The van der Waals surface area contributed by atoms with Crippen LogP contribution in [0.25, 0.3) is 5.69 Å². The van der Waals surface area contributed by atoms with E-state index in [2.05, 4.69) is 10.6 Å². The zero-order valence-electron chi connectivity index (χ0n) is 27.6. The molecular formula is C37H35F3N6O3. The Morgan fingerprint density at radius 2 is 1.69 bits per heavy atom. The first-order chi connectivity index (χ1) is 23.1. The molecule has 0 fully saturated rings. The SMILES string of the molecule is CCN1C(=O)[C@H](NC(=O)c2cccc(C(F)(F)F)c2)[C@@H](c2cccc(NC(=O)/C(C#N)=C/C(C)(C)C)c2)c2c(C)nn(-c3ccccc3)c21. The third-order valence-corrected chi connectivity index (χ3v) is 8.02. The third-order valence-electron chi connectivity index (χ3n) is 8.02. The first-order valence-electron chi connectivity index (χ1n) is 15.6. The third kappa shape index (κ3) is 7.26. The summed E-state index contributed by atoms with van der Waals surface area (Å²) >= 11 is 0. The molecule has 1 aromatic heterocycles. The Bertz CT molecular complexity index is 1990. The van der Waals surface area contributed by atoms with Gasteiger partial charge in [-0.25, -0.2) is 4.68 Å². The van der Waals surface area contributed by atoms with Crippen LogP contribution in [0.5, 0.6) is 0 Å². The molecule has 0 spiro atoms. The number of anilines is 2. The number of halogens is 3. The molecule has 2 N–H and O–H groups in total. The molecular weight excluding hydrogens is 633 g/mol. The van der Waals surface area contributed by atoms with Crippen molar-refractivity contribution < 1.29 is 27.6 Å². The van der Waals surface area contributed by atoms with Crippen molar-refractivity contribution in [3.8, 4) is 11.8 Å². The highest BCUT2D eigenvalue weighted by Gasteiger charge is 2.45. The van der Waals surface area contributed by atoms with Crippen LogP contribution in [0.4, 0.5) is 24.7 Å². The van der Waals surface area contributed by atoms with Gasteiger partial charge in [-0.2, -0.15) is 23.5 Å². The molecule has 2 heterocycles. The van der Waals surface area contributed by atoms with Gasteiger partial charge in [-0.05, 0) is 67.3 Å². The summed E-state index contributed by atoms with van der Waals surface area (Å²) in [5.74, 6) is -2.35. The number of hydrogen-bond acceptors (Lipinski definition) is 5. The monoisotopic (exact) mass is 668 g/mol. The summed E-state index contributed by atoms with van der Waals surface area (Å²) in [6.45, 7) is 9.35. The molecule has 0 bridgehead atoms. The van der Waals surface area contributed by atoms with Gasteiger partial charge in [-0.1, -0.05) is 63.2 Å². The molecule has 0 saturated carbocycles. The number of nitrogens with one attached hydrogen (secondary N) is 2. The number of carbonyl (C=O) groups excluding carboxylic acids is 3. The molecule has 1 aliphatic rings. The molecule has 0 radical (unpaired) electrons. The van der Waals surface area contributed by atoms with Crippen LogP contribution in [0, 0.1) is 23.7 Å². The van der Waals surface area contributed by atoms with Crippen LogP contribution < -0.4 is 15.5 Å². The van der Waals surface area contributed by atoms with Crippen molar-refractivity contribution in [3.05, 3.63) is 118 Å². The number of nitrogens with zero attached hydrogens (tertiary/aromatic N) is 4. The number of allylic oxidation sites excluding steroid dienone is 1. The van der Waals surface area contributed by atoms with E-state index in [0.29, 0.717) is 34.0 Å². The molecule has 252 valence electrons. The van der Waals surface area contributed by atoms with Crippen molar-refractivity contribution in [2.75, 3.05) is 16.8 Å². The second-order valence-corrected chi connectivity index (χ2v) is 12.8. The molecule has 5 rings (SSSR count). The molecule has 4 aromatic rings. The summed E-state index contributed by atoms with van der Waals surface area (Å²) in [6.07, 6.45) is -3.10. The van der Waals surface area contributed by atoms with Crippen LogP contribution in [0.2, 0.25) is 0 Å².